The van der Waals surface area contributed by atoms with Crippen molar-refractivity contribution < 1.29 is 0 Å². The van der Waals surface area contributed by atoms with E-state index in [4.69, 9.17) is 17.6 Å². The molecular formula is C22H20N4OS. The van der Waals surface area contributed by atoms with Gasteiger partial charge in [-0.1, -0.05) is 12.0 Å². The van der Waals surface area contributed by atoms with E-state index in [1.807, 2.05) is 41.0 Å². The quantitative estimate of drug-likeness (QED) is 0.475. The molecule has 0 bridgehead atoms. The van der Waals surface area contributed by atoms with E-state index >= 15 is 0 Å². The number of hydrogen-bond acceptors (Lipinski definition) is 5. The number of aryl methyl sites for hydroxylation is 1. The van der Waals surface area contributed by atoms with Crippen LogP contribution >= 0.6 is 12.6 Å². The van der Waals surface area contributed by atoms with Crippen molar-refractivity contribution in [1.82, 2.24) is 19.4 Å². The zero-order valence-corrected chi connectivity index (χ0v) is 16.3. The van der Waals surface area contributed by atoms with Crippen LogP contribution in [0.2, 0.25) is 0 Å². The van der Waals surface area contributed by atoms with Crippen LogP contribution in [0.3, 0.4) is 0 Å². The van der Waals surface area contributed by atoms with E-state index in [0.29, 0.717) is 17.6 Å². The van der Waals surface area contributed by atoms with E-state index in [1.165, 1.54) is 0 Å². The van der Waals surface area contributed by atoms with Crippen LogP contribution in [0, 0.1) is 11.8 Å². The van der Waals surface area contributed by atoms with Gasteiger partial charge < -0.3 is 0 Å². The summed E-state index contributed by atoms with van der Waals surface area (Å²) in [6.45, 7) is 1.55. The third-order valence-electron chi connectivity index (χ3n) is 5.69. The van der Waals surface area contributed by atoms with Crippen molar-refractivity contribution in [3.63, 3.8) is 0 Å². The standard InChI is InChI=1S/C22H20N4OS/c27-21-18-8-6-16(5-7-17-4-1-2-12-23-17)14-19(18)24-20-9-11-22(28)10-3-13-25(22)15-26(20)21/h1-2,4,6,8,12,14,28H,3,9-11,13,15H2/t22-/m0/s1. The van der Waals surface area contributed by atoms with Crippen molar-refractivity contribution >= 4 is 23.5 Å². The van der Waals surface area contributed by atoms with Crippen LogP contribution < -0.4 is 5.56 Å². The fraction of sp³-hybridized carbons (Fsp3) is 0.318. The van der Waals surface area contributed by atoms with Crippen LogP contribution in [0.1, 0.15) is 36.3 Å². The predicted octanol–water partition coefficient (Wildman–Crippen LogP) is 2.82. The largest absolute Gasteiger partial charge is 0.282 e. The summed E-state index contributed by atoms with van der Waals surface area (Å²) >= 11 is 4.93. The Morgan fingerprint density at radius 1 is 1.14 bits per heavy atom. The van der Waals surface area contributed by atoms with Crippen molar-refractivity contribution in [3.05, 3.63) is 70.0 Å². The van der Waals surface area contributed by atoms with E-state index in [2.05, 4.69) is 21.7 Å². The summed E-state index contributed by atoms with van der Waals surface area (Å²) in [6, 6.07) is 11.3. The van der Waals surface area contributed by atoms with Gasteiger partial charge in [-0.15, -0.1) is 0 Å². The number of nitrogens with zero attached hydrogens (tertiary/aromatic N) is 4. The molecule has 2 aromatic heterocycles. The molecule has 1 fully saturated rings. The second kappa shape index (κ2) is 6.77. The molecule has 0 N–H and O–H groups in total. The van der Waals surface area contributed by atoms with Crippen LogP contribution in [0.15, 0.2) is 47.4 Å². The molecule has 5 rings (SSSR count). The number of benzene rings is 1. The first kappa shape index (κ1) is 17.5. The molecule has 5 nitrogen and oxygen atoms in total. The summed E-state index contributed by atoms with van der Waals surface area (Å²) in [5, 5.41) is 0.637. The van der Waals surface area contributed by atoms with E-state index < -0.39 is 0 Å². The molecule has 0 spiro atoms. The van der Waals surface area contributed by atoms with Crippen LogP contribution in [0.4, 0.5) is 0 Å². The summed E-state index contributed by atoms with van der Waals surface area (Å²) in [6.07, 6.45) is 5.59. The Kier molecular flexibility index (Phi) is 4.22. The second-order valence-electron chi connectivity index (χ2n) is 7.45. The Morgan fingerprint density at radius 2 is 2.07 bits per heavy atom. The molecule has 4 heterocycles. The van der Waals surface area contributed by atoms with Crippen molar-refractivity contribution in [3.8, 4) is 11.8 Å². The third-order valence-corrected chi connectivity index (χ3v) is 6.42. The lowest BCUT2D eigenvalue weighted by molar-refractivity contribution is 0.180. The number of rotatable bonds is 0. The van der Waals surface area contributed by atoms with Gasteiger partial charge >= 0.3 is 0 Å². The highest BCUT2D eigenvalue weighted by Crippen LogP contribution is 2.38. The van der Waals surface area contributed by atoms with Crippen molar-refractivity contribution in [2.24, 2.45) is 0 Å². The number of aromatic nitrogens is 3. The van der Waals surface area contributed by atoms with Crippen LogP contribution in [-0.4, -0.2) is 30.9 Å². The summed E-state index contributed by atoms with van der Waals surface area (Å²) in [5.41, 5.74) is 2.28. The fourth-order valence-corrected chi connectivity index (χ4v) is 4.57. The van der Waals surface area contributed by atoms with Gasteiger partial charge in [0.15, 0.2) is 0 Å². The maximum absolute atomic E-state index is 13.1. The zero-order chi connectivity index (χ0) is 19.1. The molecule has 0 radical (unpaired) electrons. The molecule has 0 unspecified atom stereocenters. The normalized spacial score (nSPS) is 21.5. The topological polar surface area (TPSA) is 51.0 Å². The lowest BCUT2D eigenvalue weighted by atomic mass is 10.1. The molecule has 2 aliphatic rings. The molecular weight excluding hydrogens is 368 g/mol. The molecule has 0 saturated carbocycles. The van der Waals surface area contributed by atoms with Crippen LogP contribution in [0.25, 0.3) is 10.9 Å². The van der Waals surface area contributed by atoms with Gasteiger partial charge in [-0.3, -0.25) is 14.3 Å². The summed E-state index contributed by atoms with van der Waals surface area (Å²) in [5.74, 6) is 7.02. The van der Waals surface area contributed by atoms with Crippen LogP contribution in [-0.2, 0) is 13.1 Å². The smallest absolute Gasteiger partial charge is 0.262 e. The lowest BCUT2D eigenvalue weighted by Crippen LogP contribution is -2.40. The van der Waals surface area contributed by atoms with Gasteiger partial charge in [0.2, 0.25) is 0 Å². The molecule has 0 aliphatic carbocycles. The van der Waals surface area contributed by atoms with Crippen molar-refractivity contribution in [1.29, 1.82) is 0 Å². The van der Waals surface area contributed by atoms with Gasteiger partial charge in [0.1, 0.15) is 11.5 Å². The Morgan fingerprint density at radius 3 is 2.93 bits per heavy atom. The highest BCUT2D eigenvalue weighted by atomic mass is 32.1. The highest BCUT2D eigenvalue weighted by Gasteiger charge is 2.39. The van der Waals surface area contributed by atoms with Gasteiger partial charge in [0.25, 0.3) is 5.56 Å². The maximum atomic E-state index is 13.1. The van der Waals surface area contributed by atoms with E-state index in [9.17, 15) is 4.79 Å². The maximum Gasteiger partial charge on any atom is 0.262 e. The molecule has 1 aromatic carbocycles. The minimum absolute atomic E-state index is 0.0220. The molecule has 0 amide bonds. The SMILES string of the molecule is O=c1c2ccc(C#Cc3ccccn3)cc2nc2n1CN1CCC[C@]1(S)CC2. The average Bonchev–Trinajstić information content (AvgIpc) is 3.02. The van der Waals surface area contributed by atoms with Crippen LogP contribution in [0.5, 0.6) is 0 Å². The first-order chi connectivity index (χ1) is 13.6. The van der Waals surface area contributed by atoms with E-state index in [0.717, 1.165) is 49.3 Å². The minimum atomic E-state index is -0.119. The summed E-state index contributed by atoms with van der Waals surface area (Å²) in [7, 11) is 0. The van der Waals surface area contributed by atoms with E-state index in [1.54, 1.807) is 6.20 Å². The molecule has 3 aromatic rings. The summed E-state index contributed by atoms with van der Waals surface area (Å²) in [4.78, 5) is 24.4. The molecule has 2 aliphatic heterocycles. The Labute approximate surface area is 168 Å². The average molecular weight is 388 g/mol. The Balaban J connectivity index is 1.56. The Hall–Kier alpha value is -2.62. The molecule has 1 saturated heterocycles. The van der Waals surface area contributed by atoms with Gasteiger partial charge in [-0.25, -0.2) is 9.97 Å². The Bertz CT molecular complexity index is 1180. The molecule has 140 valence electrons. The van der Waals surface area contributed by atoms with Crippen molar-refractivity contribution in [2.45, 2.75) is 37.2 Å². The second-order valence-corrected chi connectivity index (χ2v) is 8.28. The number of hydrogen-bond donors (Lipinski definition) is 1. The van der Waals surface area contributed by atoms with Gasteiger partial charge in [-0.2, -0.15) is 12.6 Å². The fourth-order valence-electron chi connectivity index (χ4n) is 4.14. The monoisotopic (exact) mass is 388 g/mol. The lowest BCUT2D eigenvalue weighted by Gasteiger charge is -2.31. The van der Waals surface area contributed by atoms with Gasteiger partial charge in [-0.05, 0) is 55.5 Å². The summed E-state index contributed by atoms with van der Waals surface area (Å²) < 4.78 is 1.82. The predicted molar refractivity (Wildman–Crippen MR) is 112 cm³/mol. The highest BCUT2D eigenvalue weighted by molar-refractivity contribution is 7.81. The zero-order valence-electron chi connectivity index (χ0n) is 15.4. The van der Waals surface area contributed by atoms with E-state index in [-0.39, 0.29) is 10.4 Å². The van der Waals surface area contributed by atoms with Gasteiger partial charge in [0.05, 0.1) is 22.4 Å². The molecule has 28 heavy (non-hydrogen) atoms. The number of pyridine rings is 1. The third kappa shape index (κ3) is 3.01. The first-order valence-corrected chi connectivity index (χ1v) is 10.0. The van der Waals surface area contributed by atoms with Gasteiger partial charge in [0, 0.05) is 24.7 Å². The molecule has 6 heteroatoms. The minimum Gasteiger partial charge on any atom is -0.282 e. The van der Waals surface area contributed by atoms with Crippen molar-refractivity contribution in [2.75, 3.05) is 6.54 Å². The molecule has 1 atom stereocenters. The first-order valence-electron chi connectivity index (χ1n) is 9.56. The number of thiol groups is 1. The number of fused-ring (bicyclic) bond motifs is 3.